The lowest BCUT2D eigenvalue weighted by molar-refractivity contribution is -0.122. The standard InChI is InChI=1S/C22H20BrClN2O3S/c23-18-8-12-20(13-9-18)30(28,29)26-21(14-16-4-2-1-3-5-16)22(27)25-15-17-6-10-19(24)11-7-17/h1-13,21,26H,14-15H2,(H,25,27)/t21-/m0/s1. The highest BCUT2D eigenvalue weighted by atomic mass is 79.9. The second-order valence-corrected chi connectivity index (χ2v) is 9.73. The van der Waals surface area contributed by atoms with Crippen molar-refractivity contribution < 1.29 is 13.2 Å². The van der Waals surface area contributed by atoms with Crippen molar-refractivity contribution in [2.75, 3.05) is 0 Å². The van der Waals surface area contributed by atoms with Crippen LogP contribution in [-0.2, 0) is 27.8 Å². The number of amides is 1. The number of hydrogen-bond donors (Lipinski definition) is 2. The van der Waals surface area contributed by atoms with Crippen LogP contribution in [0.5, 0.6) is 0 Å². The summed E-state index contributed by atoms with van der Waals surface area (Å²) in [4.78, 5) is 13.0. The summed E-state index contributed by atoms with van der Waals surface area (Å²) in [6.45, 7) is 0.265. The molecule has 2 N–H and O–H groups in total. The van der Waals surface area contributed by atoms with E-state index in [-0.39, 0.29) is 17.9 Å². The van der Waals surface area contributed by atoms with Crippen LogP contribution in [0.1, 0.15) is 11.1 Å². The molecule has 0 aliphatic heterocycles. The van der Waals surface area contributed by atoms with E-state index < -0.39 is 22.0 Å². The number of carbonyl (C=O) groups excluding carboxylic acids is 1. The van der Waals surface area contributed by atoms with Crippen molar-refractivity contribution in [3.05, 3.63) is 99.5 Å². The van der Waals surface area contributed by atoms with Crippen LogP contribution in [0.3, 0.4) is 0 Å². The minimum Gasteiger partial charge on any atom is -0.351 e. The fraction of sp³-hybridized carbons (Fsp3) is 0.136. The number of rotatable bonds is 8. The van der Waals surface area contributed by atoms with Crippen LogP contribution in [0.25, 0.3) is 0 Å². The molecule has 0 bridgehead atoms. The van der Waals surface area contributed by atoms with Crippen LogP contribution in [-0.4, -0.2) is 20.4 Å². The smallest absolute Gasteiger partial charge is 0.241 e. The topological polar surface area (TPSA) is 75.3 Å². The quantitative estimate of drug-likeness (QED) is 0.477. The first-order valence-corrected chi connectivity index (χ1v) is 11.8. The Hall–Kier alpha value is -2.19. The van der Waals surface area contributed by atoms with E-state index in [1.54, 1.807) is 36.4 Å². The van der Waals surface area contributed by atoms with Gasteiger partial charge in [0.2, 0.25) is 15.9 Å². The zero-order chi connectivity index (χ0) is 21.6. The summed E-state index contributed by atoms with van der Waals surface area (Å²) in [6, 6.07) is 21.6. The molecule has 3 aromatic rings. The number of carbonyl (C=O) groups is 1. The molecule has 3 aromatic carbocycles. The van der Waals surface area contributed by atoms with E-state index in [2.05, 4.69) is 26.0 Å². The fourth-order valence-electron chi connectivity index (χ4n) is 2.82. The number of halogens is 2. The van der Waals surface area contributed by atoms with E-state index in [0.29, 0.717) is 5.02 Å². The number of nitrogens with one attached hydrogen (secondary N) is 2. The Bertz CT molecular complexity index is 1090. The van der Waals surface area contributed by atoms with Gasteiger partial charge in [-0.05, 0) is 53.9 Å². The zero-order valence-electron chi connectivity index (χ0n) is 15.9. The summed E-state index contributed by atoms with van der Waals surface area (Å²) < 4.78 is 29.0. The van der Waals surface area contributed by atoms with Crippen molar-refractivity contribution in [2.45, 2.75) is 23.9 Å². The molecule has 3 rings (SSSR count). The highest BCUT2D eigenvalue weighted by molar-refractivity contribution is 9.10. The first-order chi connectivity index (χ1) is 14.3. The highest BCUT2D eigenvalue weighted by Gasteiger charge is 2.26. The van der Waals surface area contributed by atoms with Gasteiger partial charge in [-0.1, -0.05) is 70.0 Å². The zero-order valence-corrected chi connectivity index (χ0v) is 19.0. The molecule has 0 aliphatic rings. The molecule has 30 heavy (non-hydrogen) atoms. The van der Waals surface area contributed by atoms with Gasteiger partial charge < -0.3 is 5.32 Å². The van der Waals surface area contributed by atoms with Crippen molar-refractivity contribution in [3.8, 4) is 0 Å². The van der Waals surface area contributed by atoms with Crippen LogP contribution in [0.2, 0.25) is 5.02 Å². The molecule has 0 aliphatic carbocycles. The monoisotopic (exact) mass is 506 g/mol. The molecule has 0 spiro atoms. The Morgan fingerprint density at radius 3 is 2.17 bits per heavy atom. The Labute approximate surface area is 189 Å². The largest absolute Gasteiger partial charge is 0.351 e. The second-order valence-electron chi connectivity index (χ2n) is 6.66. The maximum atomic E-state index is 12.9. The van der Waals surface area contributed by atoms with Gasteiger partial charge in [0.05, 0.1) is 4.90 Å². The van der Waals surface area contributed by atoms with Crippen LogP contribution in [0.15, 0.2) is 88.2 Å². The van der Waals surface area contributed by atoms with Gasteiger partial charge in [0, 0.05) is 16.0 Å². The van der Waals surface area contributed by atoms with Gasteiger partial charge in [0.15, 0.2) is 0 Å². The lowest BCUT2D eigenvalue weighted by Gasteiger charge is -2.19. The summed E-state index contributed by atoms with van der Waals surface area (Å²) in [7, 11) is -3.88. The Balaban J connectivity index is 1.77. The summed E-state index contributed by atoms with van der Waals surface area (Å²) in [5, 5.41) is 3.41. The lowest BCUT2D eigenvalue weighted by atomic mass is 10.1. The predicted octanol–water partition coefficient (Wildman–Crippen LogP) is 4.31. The molecule has 5 nitrogen and oxygen atoms in total. The Morgan fingerprint density at radius 1 is 0.900 bits per heavy atom. The fourth-order valence-corrected chi connectivity index (χ4v) is 4.41. The summed E-state index contributed by atoms with van der Waals surface area (Å²) in [5.74, 6) is -0.408. The normalized spacial score (nSPS) is 12.3. The molecule has 0 fully saturated rings. The highest BCUT2D eigenvalue weighted by Crippen LogP contribution is 2.16. The van der Waals surface area contributed by atoms with E-state index in [4.69, 9.17) is 11.6 Å². The average molecular weight is 508 g/mol. The first kappa shape index (κ1) is 22.5. The molecular formula is C22H20BrClN2O3S. The summed E-state index contributed by atoms with van der Waals surface area (Å²) >= 11 is 9.18. The van der Waals surface area contributed by atoms with Crippen LogP contribution in [0, 0.1) is 0 Å². The van der Waals surface area contributed by atoms with Crippen molar-refractivity contribution in [2.24, 2.45) is 0 Å². The minimum absolute atomic E-state index is 0.0919. The maximum Gasteiger partial charge on any atom is 0.241 e. The van der Waals surface area contributed by atoms with E-state index in [9.17, 15) is 13.2 Å². The van der Waals surface area contributed by atoms with Gasteiger partial charge in [0.1, 0.15) is 6.04 Å². The van der Waals surface area contributed by atoms with Gasteiger partial charge >= 0.3 is 0 Å². The van der Waals surface area contributed by atoms with Crippen molar-refractivity contribution in [1.29, 1.82) is 0 Å². The van der Waals surface area contributed by atoms with Crippen molar-refractivity contribution in [3.63, 3.8) is 0 Å². The molecule has 8 heteroatoms. The second kappa shape index (κ2) is 10.2. The van der Waals surface area contributed by atoms with E-state index in [1.165, 1.54) is 12.1 Å². The first-order valence-electron chi connectivity index (χ1n) is 9.17. The van der Waals surface area contributed by atoms with Gasteiger partial charge in [-0.2, -0.15) is 4.72 Å². The average Bonchev–Trinajstić information content (AvgIpc) is 2.73. The third-order valence-corrected chi connectivity index (χ3v) is 6.67. The SMILES string of the molecule is O=C(NCc1ccc(Cl)cc1)[C@H](Cc1ccccc1)NS(=O)(=O)c1ccc(Br)cc1. The van der Waals surface area contributed by atoms with Gasteiger partial charge in [-0.25, -0.2) is 8.42 Å². The molecule has 0 radical (unpaired) electrons. The van der Waals surface area contributed by atoms with Gasteiger partial charge in [0.25, 0.3) is 0 Å². The molecule has 0 aromatic heterocycles. The molecule has 0 saturated heterocycles. The van der Waals surface area contributed by atoms with Gasteiger partial charge in [-0.3, -0.25) is 4.79 Å². The minimum atomic E-state index is -3.88. The third-order valence-electron chi connectivity index (χ3n) is 4.40. The predicted molar refractivity (Wildman–Crippen MR) is 122 cm³/mol. The van der Waals surface area contributed by atoms with E-state index in [0.717, 1.165) is 15.6 Å². The molecule has 1 atom stereocenters. The number of sulfonamides is 1. The van der Waals surface area contributed by atoms with Crippen LogP contribution in [0.4, 0.5) is 0 Å². The summed E-state index contributed by atoms with van der Waals surface area (Å²) in [6.07, 6.45) is 0.225. The van der Waals surface area contributed by atoms with Crippen LogP contribution >= 0.6 is 27.5 Å². The third kappa shape index (κ3) is 6.40. The number of hydrogen-bond acceptors (Lipinski definition) is 3. The van der Waals surface area contributed by atoms with E-state index >= 15 is 0 Å². The van der Waals surface area contributed by atoms with Crippen molar-refractivity contribution >= 4 is 43.5 Å². The number of benzene rings is 3. The molecule has 0 saturated carbocycles. The molecular weight excluding hydrogens is 488 g/mol. The lowest BCUT2D eigenvalue weighted by Crippen LogP contribution is -2.47. The molecule has 1 amide bonds. The Kier molecular flexibility index (Phi) is 7.66. The van der Waals surface area contributed by atoms with Gasteiger partial charge in [-0.15, -0.1) is 0 Å². The maximum absolute atomic E-state index is 12.9. The molecule has 0 heterocycles. The van der Waals surface area contributed by atoms with E-state index in [1.807, 2.05) is 30.3 Å². The summed E-state index contributed by atoms with van der Waals surface area (Å²) in [5.41, 5.74) is 1.71. The van der Waals surface area contributed by atoms with Crippen LogP contribution < -0.4 is 10.0 Å². The van der Waals surface area contributed by atoms with Crippen molar-refractivity contribution in [1.82, 2.24) is 10.0 Å². The Morgan fingerprint density at radius 2 is 1.53 bits per heavy atom. The molecule has 156 valence electrons. The molecule has 0 unspecified atom stereocenters.